The van der Waals surface area contributed by atoms with E-state index in [0.29, 0.717) is 47.1 Å². The number of carbonyl (C=O) groups excluding carboxylic acids is 2. The molecule has 0 spiro atoms. The van der Waals surface area contributed by atoms with Crippen molar-refractivity contribution < 1.29 is 23.8 Å². The summed E-state index contributed by atoms with van der Waals surface area (Å²) in [5, 5.41) is 8.81. The molecule has 2 aliphatic heterocycles. The van der Waals surface area contributed by atoms with Crippen LogP contribution in [0.25, 0.3) is 0 Å². The van der Waals surface area contributed by atoms with Gasteiger partial charge in [-0.2, -0.15) is 0 Å². The second-order valence-electron chi connectivity index (χ2n) is 11.7. The number of nitrogens with one attached hydrogen (secondary N) is 3. The SMILES string of the molecule is CCC(CC)NC(=O)Nc1ccc(Oc2ccc(NC(=O)c3ccc(OC4CC5CCC(C4)N5C)cc3)cc2)c(COC)c1. The maximum Gasteiger partial charge on any atom is 0.319 e. The summed E-state index contributed by atoms with van der Waals surface area (Å²) in [5.41, 5.74) is 2.66. The molecule has 2 atom stereocenters. The Bertz CT molecular complexity index is 1390. The van der Waals surface area contributed by atoms with Gasteiger partial charge >= 0.3 is 6.03 Å². The minimum atomic E-state index is -0.239. The topological polar surface area (TPSA) is 101 Å². The van der Waals surface area contributed by atoms with E-state index in [4.69, 9.17) is 14.2 Å². The van der Waals surface area contributed by atoms with Gasteiger partial charge in [-0.3, -0.25) is 4.79 Å². The van der Waals surface area contributed by atoms with Crippen LogP contribution >= 0.6 is 0 Å². The van der Waals surface area contributed by atoms with E-state index in [1.54, 1.807) is 55.6 Å². The Balaban J connectivity index is 1.14. The Morgan fingerprint density at radius 1 is 0.864 bits per heavy atom. The van der Waals surface area contributed by atoms with Crippen LogP contribution in [-0.4, -0.2) is 55.2 Å². The van der Waals surface area contributed by atoms with Crippen molar-refractivity contribution in [2.45, 2.75) is 83.2 Å². The number of carbonyl (C=O) groups is 2. The number of urea groups is 1. The van der Waals surface area contributed by atoms with Crippen molar-refractivity contribution in [1.82, 2.24) is 10.2 Å². The lowest BCUT2D eigenvalue weighted by atomic mass is 10.0. The van der Waals surface area contributed by atoms with Crippen molar-refractivity contribution in [2.24, 2.45) is 0 Å². The standard InChI is InChI=1S/C35H44N4O5/c1-5-25(6-2)37-35(41)38-27-11-18-33(24(19-27)22-42-4)44-31-16-9-26(10-17-31)36-34(40)23-7-14-30(15-8-23)43-32-20-28-12-13-29(21-32)39(28)3/h7-11,14-19,25,28-29,32H,5-6,12-13,20-22H2,1-4H3,(H,36,40)(H2,37,38,41). The normalized spacial score (nSPS) is 19.4. The van der Waals surface area contributed by atoms with Gasteiger partial charge in [0.05, 0.1) is 6.61 Å². The maximum atomic E-state index is 12.9. The number of benzene rings is 3. The summed E-state index contributed by atoms with van der Waals surface area (Å²) >= 11 is 0. The summed E-state index contributed by atoms with van der Waals surface area (Å²) in [4.78, 5) is 27.8. The summed E-state index contributed by atoms with van der Waals surface area (Å²) in [6.45, 7) is 4.41. The van der Waals surface area contributed by atoms with Crippen LogP contribution in [0.2, 0.25) is 0 Å². The van der Waals surface area contributed by atoms with Crippen LogP contribution < -0.4 is 25.4 Å². The van der Waals surface area contributed by atoms with E-state index in [2.05, 4.69) is 27.9 Å². The van der Waals surface area contributed by atoms with E-state index >= 15 is 0 Å². The first-order valence-corrected chi connectivity index (χ1v) is 15.6. The summed E-state index contributed by atoms with van der Waals surface area (Å²) in [5.74, 6) is 1.83. The predicted octanol–water partition coefficient (Wildman–Crippen LogP) is 7.19. The molecule has 9 heteroatoms. The highest BCUT2D eigenvalue weighted by atomic mass is 16.5. The Morgan fingerprint density at radius 3 is 2.14 bits per heavy atom. The number of methoxy groups -OCH3 is 1. The molecule has 5 rings (SSSR count). The number of rotatable bonds is 12. The predicted molar refractivity (Wildman–Crippen MR) is 173 cm³/mol. The fourth-order valence-electron chi connectivity index (χ4n) is 6.14. The Kier molecular flexibility index (Phi) is 10.4. The number of amides is 3. The van der Waals surface area contributed by atoms with Gasteiger partial charge in [0.25, 0.3) is 5.91 Å². The molecule has 2 bridgehead atoms. The molecule has 0 aliphatic carbocycles. The molecule has 0 saturated carbocycles. The average Bonchev–Trinajstić information content (AvgIpc) is 3.22. The second kappa shape index (κ2) is 14.6. The molecular formula is C35H44N4O5. The Labute approximate surface area is 260 Å². The zero-order valence-electron chi connectivity index (χ0n) is 26.1. The van der Waals surface area contributed by atoms with E-state index in [9.17, 15) is 9.59 Å². The molecule has 2 unspecified atom stereocenters. The molecule has 2 aliphatic rings. The number of nitrogens with zero attached hydrogens (tertiary/aromatic N) is 1. The van der Waals surface area contributed by atoms with E-state index < -0.39 is 0 Å². The maximum absolute atomic E-state index is 12.9. The molecule has 9 nitrogen and oxygen atoms in total. The second-order valence-corrected chi connectivity index (χ2v) is 11.7. The molecule has 2 heterocycles. The van der Waals surface area contributed by atoms with Gasteiger partial charge in [-0.05, 0) is 112 Å². The van der Waals surface area contributed by atoms with Crippen LogP contribution in [0.5, 0.6) is 17.2 Å². The highest BCUT2D eigenvalue weighted by Gasteiger charge is 2.39. The third kappa shape index (κ3) is 7.89. The smallest absolute Gasteiger partial charge is 0.319 e. The summed E-state index contributed by atoms with van der Waals surface area (Å²) in [7, 11) is 3.84. The van der Waals surface area contributed by atoms with Crippen molar-refractivity contribution in [3.05, 3.63) is 77.9 Å². The van der Waals surface area contributed by atoms with Crippen molar-refractivity contribution in [3.63, 3.8) is 0 Å². The van der Waals surface area contributed by atoms with Crippen molar-refractivity contribution in [1.29, 1.82) is 0 Å². The molecule has 0 radical (unpaired) electrons. The van der Waals surface area contributed by atoms with Crippen molar-refractivity contribution in [3.8, 4) is 17.2 Å². The zero-order chi connectivity index (χ0) is 31.1. The third-order valence-electron chi connectivity index (χ3n) is 8.75. The van der Waals surface area contributed by atoms with Gasteiger partial charge < -0.3 is 35.1 Å². The molecule has 3 N–H and O–H groups in total. The van der Waals surface area contributed by atoms with Crippen LogP contribution in [-0.2, 0) is 11.3 Å². The van der Waals surface area contributed by atoms with Crippen molar-refractivity contribution in [2.75, 3.05) is 24.8 Å². The molecule has 2 saturated heterocycles. The van der Waals surface area contributed by atoms with Crippen molar-refractivity contribution >= 4 is 23.3 Å². The molecule has 0 aromatic heterocycles. The van der Waals surface area contributed by atoms with Crippen LogP contribution in [0.15, 0.2) is 66.7 Å². The lowest BCUT2D eigenvalue weighted by molar-refractivity contribution is 0.0661. The fraction of sp³-hybridized carbons (Fsp3) is 0.429. The van der Waals surface area contributed by atoms with Gasteiger partial charge in [-0.15, -0.1) is 0 Å². The van der Waals surface area contributed by atoms with E-state index in [1.807, 2.05) is 32.0 Å². The molecule has 44 heavy (non-hydrogen) atoms. The largest absolute Gasteiger partial charge is 0.490 e. The quantitative estimate of drug-likeness (QED) is 0.203. The monoisotopic (exact) mass is 600 g/mol. The average molecular weight is 601 g/mol. The number of ether oxygens (including phenoxy) is 3. The lowest BCUT2D eigenvalue weighted by Crippen LogP contribution is -2.43. The minimum Gasteiger partial charge on any atom is -0.490 e. The Morgan fingerprint density at radius 2 is 1.50 bits per heavy atom. The fourth-order valence-corrected chi connectivity index (χ4v) is 6.14. The number of fused-ring (bicyclic) bond motifs is 2. The molecular weight excluding hydrogens is 556 g/mol. The van der Waals surface area contributed by atoms with Gasteiger partial charge in [0.2, 0.25) is 0 Å². The van der Waals surface area contributed by atoms with Gasteiger partial charge in [0.1, 0.15) is 23.4 Å². The highest BCUT2D eigenvalue weighted by molar-refractivity contribution is 6.04. The van der Waals surface area contributed by atoms with E-state index in [0.717, 1.165) is 37.0 Å². The molecule has 3 aromatic rings. The minimum absolute atomic E-state index is 0.132. The highest BCUT2D eigenvalue weighted by Crippen LogP contribution is 2.36. The number of piperidine rings is 1. The van der Waals surface area contributed by atoms with Gasteiger partial charge in [-0.1, -0.05) is 13.8 Å². The van der Waals surface area contributed by atoms with Crippen LogP contribution in [0.4, 0.5) is 16.2 Å². The van der Waals surface area contributed by atoms with Gasteiger partial charge in [0, 0.05) is 47.7 Å². The molecule has 3 aromatic carbocycles. The Hall–Kier alpha value is -4.08. The first-order valence-electron chi connectivity index (χ1n) is 15.6. The summed E-state index contributed by atoms with van der Waals surface area (Å²) in [6.07, 6.45) is 6.60. The van der Waals surface area contributed by atoms with Gasteiger partial charge in [0.15, 0.2) is 0 Å². The zero-order valence-corrected chi connectivity index (χ0v) is 26.1. The molecule has 2 fully saturated rings. The number of hydrogen-bond donors (Lipinski definition) is 3. The van der Waals surface area contributed by atoms with E-state index in [1.165, 1.54) is 12.8 Å². The van der Waals surface area contributed by atoms with Crippen LogP contribution in [0.3, 0.4) is 0 Å². The van der Waals surface area contributed by atoms with Gasteiger partial charge in [-0.25, -0.2) is 4.79 Å². The molecule has 234 valence electrons. The summed E-state index contributed by atoms with van der Waals surface area (Å²) in [6, 6.07) is 21.1. The number of hydrogen-bond acceptors (Lipinski definition) is 6. The van der Waals surface area contributed by atoms with E-state index in [-0.39, 0.29) is 24.1 Å². The first-order chi connectivity index (χ1) is 21.3. The van der Waals surface area contributed by atoms with Crippen LogP contribution in [0, 0.1) is 0 Å². The van der Waals surface area contributed by atoms with Crippen LogP contribution in [0.1, 0.15) is 68.3 Å². The third-order valence-corrected chi connectivity index (χ3v) is 8.75. The number of anilines is 2. The first kappa shape index (κ1) is 31.3. The summed E-state index contributed by atoms with van der Waals surface area (Å²) < 4.78 is 17.8. The lowest BCUT2D eigenvalue weighted by Gasteiger charge is -2.36. The molecule has 3 amide bonds.